The van der Waals surface area contributed by atoms with Crippen molar-refractivity contribution in [3.63, 3.8) is 0 Å². The van der Waals surface area contributed by atoms with Crippen LogP contribution >= 0.6 is 0 Å². The molecule has 0 bridgehead atoms. The third kappa shape index (κ3) is 3.37. The van der Waals surface area contributed by atoms with Crippen molar-refractivity contribution < 1.29 is 13.2 Å². The highest BCUT2D eigenvalue weighted by Crippen LogP contribution is 2.40. The van der Waals surface area contributed by atoms with Crippen molar-refractivity contribution in [2.24, 2.45) is 0 Å². The Kier molecular flexibility index (Phi) is 4.96. The topological polar surface area (TPSA) is 67.7 Å². The number of anilines is 1. The van der Waals surface area contributed by atoms with Gasteiger partial charge in [0.25, 0.3) is 10.0 Å². The lowest BCUT2D eigenvalue weighted by Gasteiger charge is -2.29. The van der Waals surface area contributed by atoms with Gasteiger partial charge in [-0.15, -0.1) is 0 Å². The fourth-order valence-corrected chi connectivity index (χ4v) is 5.68. The highest BCUT2D eigenvalue weighted by atomic mass is 32.2. The zero-order chi connectivity index (χ0) is 19.0. The van der Waals surface area contributed by atoms with E-state index < -0.39 is 10.0 Å². The third-order valence-electron chi connectivity index (χ3n) is 5.41. The standard InChI is InChI=1S/C19H26N4O3S/c1-3-22-14-19(15(2)20-22)27(24,25)23-13-16(12-21-8-10-26-11-9-21)17-6-4-5-7-18(17)23/h4-7,14,16H,3,8-13H2,1-2H3. The molecule has 1 aromatic heterocycles. The Morgan fingerprint density at radius 1 is 1.22 bits per heavy atom. The summed E-state index contributed by atoms with van der Waals surface area (Å²) in [6.07, 6.45) is 1.64. The summed E-state index contributed by atoms with van der Waals surface area (Å²) in [6.45, 7) is 8.94. The normalized spacial score (nSPS) is 20.8. The van der Waals surface area contributed by atoms with Gasteiger partial charge in [-0.3, -0.25) is 13.9 Å². The van der Waals surface area contributed by atoms with Crippen LogP contribution in [0, 0.1) is 6.92 Å². The van der Waals surface area contributed by atoms with Gasteiger partial charge in [-0.1, -0.05) is 18.2 Å². The predicted octanol–water partition coefficient (Wildman–Crippen LogP) is 1.84. The highest BCUT2D eigenvalue weighted by molar-refractivity contribution is 7.93. The minimum Gasteiger partial charge on any atom is -0.379 e. The van der Waals surface area contributed by atoms with Crippen LogP contribution in [0.3, 0.4) is 0 Å². The molecule has 3 heterocycles. The molecule has 27 heavy (non-hydrogen) atoms. The zero-order valence-electron chi connectivity index (χ0n) is 15.8. The number of morpholine rings is 1. The van der Waals surface area contributed by atoms with E-state index in [4.69, 9.17) is 4.74 Å². The van der Waals surface area contributed by atoms with E-state index in [1.165, 1.54) is 0 Å². The average molecular weight is 391 g/mol. The Hall–Kier alpha value is -1.90. The van der Waals surface area contributed by atoms with Crippen molar-refractivity contribution in [1.82, 2.24) is 14.7 Å². The molecule has 0 aliphatic carbocycles. The lowest BCUT2D eigenvalue weighted by atomic mass is 10.0. The number of aromatic nitrogens is 2. The van der Waals surface area contributed by atoms with Gasteiger partial charge >= 0.3 is 0 Å². The minimum atomic E-state index is -3.64. The van der Waals surface area contributed by atoms with Crippen LogP contribution in [0.2, 0.25) is 0 Å². The number of benzene rings is 1. The summed E-state index contributed by atoms with van der Waals surface area (Å²) in [4.78, 5) is 2.66. The Balaban J connectivity index is 1.66. The second-order valence-electron chi connectivity index (χ2n) is 7.14. The summed E-state index contributed by atoms with van der Waals surface area (Å²) >= 11 is 0. The van der Waals surface area contributed by atoms with E-state index in [-0.39, 0.29) is 5.92 Å². The van der Waals surface area contributed by atoms with E-state index >= 15 is 0 Å². The van der Waals surface area contributed by atoms with Crippen molar-refractivity contribution in [3.05, 3.63) is 41.7 Å². The van der Waals surface area contributed by atoms with Gasteiger partial charge in [0, 0.05) is 44.8 Å². The van der Waals surface area contributed by atoms with Crippen LogP contribution in [0.25, 0.3) is 0 Å². The summed E-state index contributed by atoms with van der Waals surface area (Å²) in [5.41, 5.74) is 2.44. The van der Waals surface area contributed by atoms with Gasteiger partial charge in [-0.25, -0.2) is 8.42 Å². The van der Waals surface area contributed by atoms with Crippen LogP contribution in [0.5, 0.6) is 0 Å². The van der Waals surface area contributed by atoms with Gasteiger partial charge in [-0.2, -0.15) is 5.10 Å². The van der Waals surface area contributed by atoms with Gasteiger partial charge < -0.3 is 4.74 Å². The first kappa shape index (κ1) is 18.5. The number of sulfonamides is 1. The molecule has 0 radical (unpaired) electrons. The number of rotatable bonds is 5. The number of ether oxygens (including phenoxy) is 1. The number of fused-ring (bicyclic) bond motifs is 1. The maximum Gasteiger partial charge on any atom is 0.267 e. The molecule has 1 saturated heterocycles. The molecule has 1 unspecified atom stereocenters. The SMILES string of the molecule is CCn1cc(S(=O)(=O)N2CC(CN3CCOCC3)c3ccccc32)c(C)n1. The van der Waals surface area contributed by atoms with Gasteiger partial charge in [0.2, 0.25) is 0 Å². The van der Waals surface area contributed by atoms with Crippen LogP contribution in [-0.2, 0) is 21.3 Å². The molecule has 0 saturated carbocycles. The van der Waals surface area contributed by atoms with Crippen molar-refractivity contribution in [3.8, 4) is 0 Å². The van der Waals surface area contributed by atoms with Crippen LogP contribution < -0.4 is 4.31 Å². The Labute approximate surface area is 160 Å². The van der Waals surface area contributed by atoms with E-state index in [0.717, 1.165) is 44.1 Å². The maximum absolute atomic E-state index is 13.4. The zero-order valence-corrected chi connectivity index (χ0v) is 16.7. The smallest absolute Gasteiger partial charge is 0.267 e. The predicted molar refractivity (Wildman–Crippen MR) is 104 cm³/mol. The number of para-hydroxylation sites is 1. The Bertz CT molecular complexity index is 919. The molecule has 0 spiro atoms. The van der Waals surface area contributed by atoms with E-state index in [9.17, 15) is 8.42 Å². The van der Waals surface area contributed by atoms with Gasteiger partial charge in [0.15, 0.2) is 0 Å². The van der Waals surface area contributed by atoms with Crippen molar-refractivity contribution in [2.45, 2.75) is 31.2 Å². The molecule has 146 valence electrons. The molecule has 7 nitrogen and oxygen atoms in total. The minimum absolute atomic E-state index is 0.163. The Morgan fingerprint density at radius 2 is 1.96 bits per heavy atom. The molecule has 8 heteroatoms. The van der Waals surface area contributed by atoms with Crippen molar-refractivity contribution in [2.75, 3.05) is 43.7 Å². The summed E-state index contributed by atoms with van der Waals surface area (Å²) in [6, 6.07) is 7.85. The van der Waals surface area contributed by atoms with Crippen LogP contribution in [0.1, 0.15) is 24.1 Å². The first-order valence-corrected chi connectivity index (χ1v) is 10.9. The first-order valence-electron chi connectivity index (χ1n) is 9.46. The quantitative estimate of drug-likeness (QED) is 0.779. The van der Waals surface area contributed by atoms with Crippen molar-refractivity contribution >= 4 is 15.7 Å². The van der Waals surface area contributed by atoms with Crippen molar-refractivity contribution in [1.29, 1.82) is 0 Å². The van der Waals surface area contributed by atoms with E-state index in [1.54, 1.807) is 22.1 Å². The summed E-state index contributed by atoms with van der Waals surface area (Å²) in [5, 5.41) is 4.32. The van der Waals surface area contributed by atoms with Crippen LogP contribution in [0.15, 0.2) is 35.4 Å². The fourth-order valence-electron chi connectivity index (χ4n) is 3.97. The summed E-state index contributed by atoms with van der Waals surface area (Å²) in [5.74, 6) is 0.163. The largest absolute Gasteiger partial charge is 0.379 e. The molecule has 4 rings (SSSR count). The number of hydrogen-bond donors (Lipinski definition) is 0. The van der Waals surface area contributed by atoms with E-state index in [1.807, 2.05) is 25.1 Å². The second-order valence-corrected chi connectivity index (χ2v) is 8.97. The van der Waals surface area contributed by atoms with Gasteiger partial charge in [0.05, 0.1) is 24.6 Å². The summed E-state index contributed by atoms with van der Waals surface area (Å²) in [7, 11) is -3.64. The molecule has 0 amide bonds. The molecule has 1 fully saturated rings. The lowest BCUT2D eigenvalue weighted by Crippen LogP contribution is -2.40. The average Bonchev–Trinajstić information content (AvgIpc) is 3.24. The lowest BCUT2D eigenvalue weighted by molar-refractivity contribution is 0.0357. The molecule has 0 N–H and O–H groups in total. The van der Waals surface area contributed by atoms with Gasteiger partial charge in [0.1, 0.15) is 4.90 Å². The molecule has 2 aromatic rings. The molecular formula is C19H26N4O3S. The molecule has 1 atom stereocenters. The second kappa shape index (κ2) is 7.26. The first-order chi connectivity index (χ1) is 13.0. The molecule has 2 aliphatic rings. The summed E-state index contributed by atoms with van der Waals surface area (Å²) < 4.78 is 35.5. The van der Waals surface area contributed by atoms with E-state index in [2.05, 4.69) is 16.1 Å². The monoisotopic (exact) mass is 390 g/mol. The fraction of sp³-hybridized carbons (Fsp3) is 0.526. The van der Waals surface area contributed by atoms with Gasteiger partial charge in [-0.05, 0) is 25.5 Å². The molecular weight excluding hydrogens is 364 g/mol. The number of hydrogen-bond acceptors (Lipinski definition) is 5. The highest BCUT2D eigenvalue weighted by Gasteiger charge is 2.38. The van der Waals surface area contributed by atoms with E-state index in [0.29, 0.717) is 23.7 Å². The molecule has 2 aliphatic heterocycles. The number of nitrogens with zero attached hydrogens (tertiary/aromatic N) is 4. The Morgan fingerprint density at radius 3 is 2.67 bits per heavy atom. The van der Waals surface area contributed by atoms with Crippen LogP contribution in [-0.4, -0.2) is 62.5 Å². The maximum atomic E-state index is 13.4. The third-order valence-corrected chi connectivity index (χ3v) is 7.29. The van der Waals surface area contributed by atoms with Crippen LogP contribution in [0.4, 0.5) is 5.69 Å². The molecule has 1 aromatic carbocycles. The number of aryl methyl sites for hydroxylation is 2.